The number of hydrogen-bond acceptors (Lipinski definition) is 3. The van der Waals surface area contributed by atoms with E-state index in [1.54, 1.807) is 0 Å². The summed E-state index contributed by atoms with van der Waals surface area (Å²) < 4.78 is 0. The van der Waals surface area contributed by atoms with Crippen LogP contribution in [0.3, 0.4) is 0 Å². The van der Waals surface area contributed by atoms with Crippen LogP contribution < -0.4 is 10.9 Å². The average molecular weight is 419 g/mol. The molecule has 1 fully saturated rings. The first-order chi connectivity index (χ1) is 14.4. The number of likely N-dealkylation sites (tertiary alicyclic amines) is 1. The zero-order valence-electron chi connectivity index (χ0n) is 17.8. The quantitative estimate of drug-likeness (QED) is 0.635. The van der Waals surface area contributed by atoms with Gasteiger partial charge < -0.3 is 15.4 Å². The fourth-order valence-corrected chi connectivity index (χ4v) is 5.39. The van der Waals surface area contributed by atoms with Crippen LogP contribution in [-0.4, -0.2) is 37.0 Å². The molecule has 1 amide bonds. The molecule has 1 saturated heterocycles. The highest BCUT2D eigenvalue weighted by molar-refractivity contribution is 6.83. The molecule has 0 unspecified atom stereocenters. The highest BCUT2D eigenvalue weighted by Gasteiger charge is 2.26. The summed E-state index contributed by atoms with van der Waals surface area (Å²) in [6.07, 6.45) is 1.93. The fraction of sp³-hybridized carbons (Fsp3) is 0.320. The van der Waals surface area contributed by atoms with E-state index in [1.165, 1.54) is 5.56 Å². The third-order valence-corrected chi connectivity index (χ3v) is 7.98. The Bertz CT molecular complexity index is 1070. The molecule has 1 aliphatic rings. The molecule has 3 N–H and O–H groups in total. The Balaban J connectivity index is 1.55. The van der Waals surface area contributed by atoms with Crippen molar-refractivity contribution in [3.8, 4) is 0 Å². The van der Waals surface area contributed by atoms with Crippen LogP contribution in [0.25, 0.3) is 10.8 Å². The Morgan fingerprint density at radius 1 is 1.07 bits per heavy atom. The van der Waals surface area contributed by atoms with Crippen LogP contribution in [-0.2, 0) is 6.54 Å². The second kappa shape index (κ2) is 8.34. The van der Waals surface area contributed by atoms with Crippen LogP contribution in [0.4, 0.5) is 0 Å². The Morgan fingerprint density at radius 2 is 1.80 bits per heavy atom. The summed E-state index contributed by atoms with van der Waals surface area (Å²) in [5, 5.41) is 2.93. The van der Waals surface area contributed by atoms with Gasteiger partial charge in [0.15, 0.2) is 0 Å². The van der Waals surface area contributed by atoms with E-state index in [1.807, 2.05) is 54.4 Å². The minimum Gasteiger partial charge on any atom is -0.428 e. The molecule has 1 aliphatic heterocycles. The van der Waals surface area contributed by atoms with Crippen LogP contribution >= 0.6 is 0 Å². The maximum absolute atomic E-state index is 13.4. The van der Waals surface area contributed by atoms with Gasteiger partial charge in [-0.15, -0.1) is 0 Å². The molecule has 3 aromatic carbocycles. The highest BCUT2D eigenvalue weighted by atomic mass is 28.4. The van der Waals surface area contributed by atoms with Crippen molar-refractivity contribution in [3.63, 3.8) is 0 Å². The smallest absolute Gasteiger partial charge is 0.254 e. The van der Waals surface area contributed by atoms with E-state index in [-0.39, 0.29) is 5.91 Å². The van der Waals surface area contributed by atoms with Crippen molar-refractivity contribution in [2.75, 3.05) is 13.1 Å². The monoisotopic (exact) mass is 418 g/mol. The van der Waals surface area contributed by atoms with Crippen LogP contribution in [0.2, 0.25) is 13.1 Å². The summed E-state index contributed by atoms with van der Waals surface area (Å²) in [4.78, 5) is 25.9. The van der Waals surface area contributed by atoms with E-state index < -0.39 is 8.32 Å². The van der Waals surface area contributed by atoms with Gasteiger partial charge in [0.25, 0.3) is 5.91 Å². The minimum absolute atomic E-state index is 0.0873. The van der Waals surface area contributed by atoms with E-state index in [0.717, 1.165) is 53.0 Å². The lowest BCUT2D eigenvalue weighted by Crippen LogP contribution is -2.41. The maximum Gasteiger partial charge on any atom is 0.254 e. The molecule has 156 valence electrons. The number of carbonyl (C=O) groups excluding carboxylic acids is 1. The van der Waals surface area contributed by atoms with E-state index in [4.69, 9.17) is 5.73 Å². The number of fused-ring (bicyclic) bond motifs is 1. The standard InChI is InChI=1S/C25H30N2O2Si/c1-30(2,29)22-10-9-20-6-4-8-23(24(20)16-22)25(28)27-13-11-19(12-14-27)21-7-3-5-18(15-21)17-26/h3-10,15-16,19,29H,11-14,17,26H2,1-2H3. The third kappa shape index (κ3) is 4.19. The van der Waals surface area contributed by atoms with Crippen molar-refractivity contribution in [1.29, 1.82) is 0 Å². The Kier molecular flexibility index (Phi) is 5.78. The summed E-state index contributed by atoms with van der Waals surface area (Å²) in [7, 11) is -2.44. The number of amides is 1. The lowest BCUT2D eigenvalue weighted by molar-refractivity contribution is 0.0715. The molecule has 0 aromatic heterocycles. The summed E-state index contributed by atoms with van der Waals surface area (Å²) in [6.45, 7) is 5.88. The molecule has 0 aliphatic carbocycles. The molecule has 0 bridgehead atoms. The van der Waals surface area contributed by atoms with Crippen molar-refractivity contribution in [2.24, 2.45) is 5.73 Å². The number of piperidine rings is 1. The van der Waals surface area contributed by atoms with Gasteiger partial charge in [0.2, 0.25) is 8.32 Å². The number of benzene rings is 3. The fourth-order valence-electron chi connectivity index (χ4n) is 4.40. The average Bonchev–Trinajstić information content (AvgIpc) is 2.77. The second-order valence-corrected chi connectivity index (χ2v) is 12.5. The van der Waals surface area contributed by atoms with E-state index in [2.05, 4.69) is 24.3 Å². The van der Waals surface area contributed by atoms with Crippen molar-refractivity contribution in [2.45, 2.75) is 38.4 Å². The molecular weight excluding hydrogens is 388 g/mol. The van der Waals surface area contributed by atoms with Gasteiger partial charge in [-0.3, -0.25) is 4.79 Å². The summed E-state index contributed by atoms with van der Waals surface area (Å²) in [6, 6.07) is 20.4. The van der Waals surface area contributed by atoms with Gasteiger partial charge >= 0.3 is 0 Å². The molecule has 4 rings (SSSR count). The van der Waals surface area contributed by atoms with Crippen molar-refractivity contribution >= 4 is 30.2 Å². The zero-order valence-corrected chi connectivity index (χ0v) is 18.8. The van der Waals surface area contributed by atoms with Gasteiger partial charge in [-0.1, -0.05) is 54.6 Å². The first-order valence-corrected chi connectivity index (χ1v) is 13.7. The predicted octanol–water partition coefficient (Wildman–Crippen LogP) is 3.72. The second-order valence-electron chi connectivity index (χ2n) is 8.82. The van der Waals surface area contributed by atoms with E-state index >= 15 is 0 Å². The first-order valence-electron chi connectivity index (χ1n) is 10.7. The number of hydrogen-bond donors (Lipinski definition) is 2. The van der Waals surface area contributed by atoms with Crippen molar-refractivity contribution in [3.05, 3.63) is 77.4 Å². The molecule has 1 heterocycles. The highest BCUT2D eigenvalue weighted by Crippen LogP contribution is 2.30. The summed E-state index contributed by atoms with van der Waals surface area (Å²) >= 11 is 0. The lowest BCUT2D eigenvalue weighted by Gasteiger charge is -2.32. The van der Waals surface area contributed by atoms with Crippen molar-refractivity contribution < 1.29 is 9.59 Å². The molecule has 5 heteroatoms. The number of carbonyl (C=O) groups is 1. The molecule has 30 heavy (non-hydrogen) atoms. The molecular formula is C25H30N2O2Si. The number of rotatable bonds is 4. The lowest BCUT2D eigenvalue weighted by atomic mass is 9.88. The maximum atomic E-state index is 13.4. The van der Waals surface area contributed by atoms with Crippen molar-refractivity contribution in [1.82, 2.24) is 4.90 Å². The van der Waals surface area contributed by atoms with Gasteiger partial charge in [-0.25, -0.2) is 0 Å². The SMILES string of the molecule is C[Si](C)(O)c1ccc2cccc(C(=O)N3CCC(c4cccc(CN)c4)CC3)c2c1. The summed E-state index contributed by atoms with van der Waals surface area (Å²) in [5.41, 5.74) is 9.01. The topological polar surface area (TPSA) is 66.6 Å². The van der Waals surface area contributed by atoms with Crippen LogP contribution in [0, 0.1) is 0 Å². The largest absolute Gasteiger partial charge is 0.428 e. The first kappa shape index (κ1) is 20.8. The van der Waals surface area contributed by atoms with Gasteiger partial charge in [0.05, 0.1) is 0 Å². The predicted molar refractivity (Wildman–Crippen MR) is 125 cm³/mol. The van der Waals surface area contributed by atoms with Crippen LogP contribution in [0.5, 0.6) is 0 Å². The van der Waals surface area contributed by atoms with Gasteiger partial charge in [0.1, 0.15) is 0 Å². The summed E-state index contributed by atoms with van der Waals surface area (Å²) in [5.74, 6) is 0.560. The van der Waals surface area contributed by atoms with Gasteiger partial charge in [-0.05, 0) is 65.0 Å². The van der Waals surface area contributed by atoms with Crippen LogP contribution in [0.1, 0.15) is 40.2 Å². The van der Waals surface area contributed by atoms with E-state index in [9.17, 15) is 9.59 Å². The zero-order chi connectivity index (χ0) is 21.3. The van der Waals surface area contributed by atoms with Gasteiger partial charge in [-0.2, -0.15) is 0 Å². The molecule has 0 spiro atoms. The van der Waals surface area contributed by atoms with Crippen LogP contribution in [0.15, 0.2) is 60.7 Å². The van der Waals surface area contributed by atoms with E-state index in [0.29, 0.717) is 12.5 Å². The number of nitrogens with two attached hydrogens (primary N) is 1. The third-order valence-electron chi connectivity index (χ3n) is 6.26. The molecule has 3 aromatic rings. The Hall–Kier alpha value is -2.47. The molecule has 0 radical (unpaired) electrons. The van der Waals surface area contributed by atoms with Gasteiger partial charge in [0, 0.05) is 25.2 Å². The molecule has 4 nitrogen and oxygen atoms in total. The normalized spacial score (nSPS) is 15.5. The number of nitrogens with zero attached hydrogens (tertiary/aromatic N) is 1. The molecule has 0 atom stereocenters. The Morgan fingerprint density at radius 3 is 2.50 bits per heavy atom. The minimum atomic E-state index is -2.44. The Labute approximate surface area is 179 Å². The molecule has 0 saturated carbocycles.